The van der Waals surface area contributed by atoms with E-state index in [9.17, 15) is 9.90 Å². The number of Topliss-reactive ketones (excluding diaryl/α,β-unsaturated/α-hetero) is 1. The molecule has 1 aliphatic heterocycles. The number of aliphatic hydroxyl groups is 1. The van der Waals surface area contributed by atoms with E-state index in [1.54, 1.807) is 0 Å². The van der Waals surface area contributed by atoms with Crippen molar-refractivity contribution in [3.63, 3.8) is 0 Å². The van der Waals surface area contributed by atoms with E-state index in [1.807, 2.05) is 20.8 Å². The van der Waals surface area contributed by atoms with Crippen LogP contribution in [0.3, 0.4) is 0 Å². The summed E-state index contributed by atoms with van der Waals surface area (Å²) in [5, 5.41) is 10.7. The van der Waals surface area contributed by atoms with Crippen LogP contribution in [0.1, 0.15) is 55.8 Å². The van der Waals surface area contributed by atoms with Gasteiger partial charge in [-0.1, -0.05) is 27.7 Å². The van der Waals surface area contributed by atoms with Crippen LogP contribution in [0.5, 0.6) is 0 Å². The lowest BCUT2D eigenvalue weighted by molar-refractivity contribution is -0.271. The zero-order chi connectivity index (χ0) is 21.8. The molecule has 1 heterocycles. The summed E-state index contributed by atoms with van der Waals surface area (Å²) >= 11 is 0. The minimum atomic E-state index is -2.38. The van der Waals surface area contributed by atoms with Crippen molar-refractivity contribution < 1.29 is 29.9 Å². The van der Waals surface area contributed by atoms with Crippen LogP contribution in [0, 0.1) is 5.92 Å². The van der Waals surface area contributed by atoms with Crippen molar-refractivity contribution in [2.75, 3.05) is 19.8 Å². The van der Waals surface area contributed by atoms with Gasteiger partial charge in [-0.05, 0) is 38.4 Å². The summed E-state index contributed by atoms with van der Waals surface area (Å²) in [5.41, 5.74) is 0. The van der Waals surface area contributed by atoms with Gasteiger partial charge >= 0.3 is 0 Å². The van der Waals surface area contributed by atoms with Crippen LogP contribution in [-0.2, 0) is 23.4 Å². The van der Waals surface area contributed by atoms with Crippen molar-refractivity contribution in [1.29, 1.82) is 0 Å². The Kier molecular flexibility index (Phi) is 8.90. The monoisotopic (exact) mass is 405 g/mol. The molecule has 1 rings (SSSR count). The first-order valence-electron chi connectivity index (χ1n) is 10.6. The molecule has 1 N–H and O–H groups in total. The number of hydrogen-bond donors (Lipinski definition) is 1. The lowest BCUT2D eigenvalue weighted by Crippen LogP contribution is -2.62. The van der Waals surface area contributed by atoms with Crippen molar-refractivity contribution in [1.82, 2.24) is 0 Å². The average molecular weight is 406 g/mol. The number of carbonyl (C=O) groups excluding carboxylic acids is 1. The Morgan fingerprint density at radius 2 is 1.81 bits per heavy atom. The predicted molar refractivity (Wildman–Crippen MR) is 108 cm³/mol. The minimum absolute atomic E-state index is 0.101. The highest BCUT2D eigenvalue weighted by Crippen LogP contribution is 2.41. The van der Waals surface area contributed by atoms with Crippen LogP contribution in [0.4, 0.5) is 0 Å². The average Bonchev–Trinajstić information content (AvgIpc) is 2.54. The van der Waals surface area contributed by atoms with E-state index in [1.165, 1.54) is 0 Å². The second-order valence-corrected chi connectivity index (χ2v) is 13.4. The third kappa shape index (κ3) is 6.34. The predicted octanol–water partition coefficient (Wildman–Crippen LogP) is 3.52. The van der Waals surface area contributed by atoms with Crippen molar-refractivity contribution in [3.8, 4) is 0 Å². The Balaban J connectivity index is 3.39. The fraction of sp³-hybridized carbons (Fsp3) is 0.950. The molecule has 1 fully saturated rings. The fourth-order valence-electron chi connectivity index (χ4n) is 2.97. The first-order chi connectivity index (χ1) is 12.8. The van der Waals surface area contributed by atoms with Gasteiger partial charge in [0, 0.05) is 19.6 Å². The molecule has 0 aromatic carbocycles. The van der Waals surface area contributed by atoms with Crippen LogP contribution in [0.2, 0.25) is 18.1 Å². The van der Waals surface area contributed by atoms with Crippen LogP contribution < -0.4 is 0 Å². The Morgan fingerprint density at radius 3 is 2.30 bits per heavy atom. The molecule has 0 spiro atoms. The summed E-state index contributed by atoms with van der Waals surface area (Å²) in [5.74, 6) is -1.36. The smallest absolute Gasteiger partial charge is 0.192 e. The number of rotatable bonds is 10. The highest BCUT2D eigenvalue weighted by molar-refractivity contribution is 6.74. The maximum atomic E-state index is 12.9. The van der Waals surface area contributed by atoms with E-state index in [0.29, 0.717) is 19.6 Å². The quantitative estimate of drug-likeness (QED) is 0.561. The highest BCUT2D eigenvalue weighted by Gasteiger charge is 2.52. The zero-order valence-electron chi connectivity index (χ0n) is 19.3. The van der Waals surface area contributed by atoms with Crippen LogP contribution in [-0.4, -0.2) is 63.6 Å². The summed E-state index contributed by atoms with van der Waals surface area (Å²) in [6.45, 7) is 17.2. The summed E-state index contributed by atoms with van der Waals surface area (Å²) in [6.07, 6.45) is -3.55. The molecule has 0 bridgehead atoms. The van der Waals surface area contributed by atoms with Gasteiger partial charge in [-0.2, -0.15) is 0 Å². The summed E-state index contributed by atoms with van der Waals surface area (Å²) < 4.78 is 32.1. The second kappa shape index (κ2) is 10.5. The summed E-state index contributed by atoms with van der Waals surface area (Å²) in [4.78, 5) is 12.9. The molecule has 160 valence electrons. The van der Waals surface area contributed by atoms with E-state index in [2.05, 4.69) is 33.9 Å². The van der Waals surface area contributed by atoms with Gasteiger partial charge in [-0.25, -0.2) is 0 Å². The fourth-order valence-corrected chi connectivity index (χ4v) is 4.27. The summed E-state index contributed by atoms with van der Waals surface area (Å²) in [7, 11) is -2.32. The SMILES string of the molecule is [2H]C1(O)O[C@H](COCC)[C@@H](OCC)[C@H](O[Si](C)(C)C(C)(C)C)[C@H]1C(=O)CCC. The van der Waals surface area contributed by atoms with E-state index in [-0.39, 0.29) is 23.8 Å². The van der Waals surface area contributed by atoms with E-state index in [0.717, 1.165) is 0 Å². The molecule has 0 aliphatic carbocycles. The first kappa shape index (κ1) is 23.0. The molecule has 1 unspecified atom stereocenters. The molecule has 0 aromatic heterocycles. The Hall–Kier alpha value is -0.313. The third-order valence-electron chi connectivity index (χ3n) is 5.48. The molecule has 6 nitrogen and oxygen atoms in total. The maximum absolute atomic E-state index is 12.9. The molecule has 0 radical (unpaired) electrons. The molecular weight excluding hydrogens is 364 g/mol. The number of carbonyl (C=O) groups is 1. The van der Waals surface area contributed by atoms with Crippen LogP contribution >= 0.6 is 0 Å². The van der Waals surface area contributed by atoms with E-state index >= 15 is 0 Å². The Labute approximate surface area is 167 Å². The Morgan fingerprint density at radius 1 is 1.19 bits per heavy atom. The Bertz CT molecular complexity index is 505. The van der Waals surface area contributed by atoms with E-state index in [4.69, 9.17) is 20.0 Å². The van der Waals surface area contributed by atoms with Crippen molar-refractivity contribution >= 4 is 14.1 Å². The first-order valence-corrected chi connectivity index (χ1v) is 13.0. The molecule has 0 saturated carbocycles. The van der Waals surface area contributed by atoms with Crippen LogP contribution in [0.15, 0.2) is 0 Å². The molecule has 1 aliphatic rings. The lowest BCUT2D eigenvalue weighted by Gasteiger charge is -2.49. The van der Waals surface area contributed by atoms with Crippen molar-refractivity contribution in [2.24, 2.45) is 5.92 Å². The number of ketones is 1. The lowest BCUT2D eigenvalue weighted by atomic mass is 9.86. The van der Waals surface area contributed by atoms with Gasteiger partial charge in [-0.3, -0.25) is 4.79 Å². The zero-order valence-corrected chi connectivity index (χ0v) is 19.3. The van der Waals surface area contributed by atoms with Gasteiger partial charge in [0.2, 0.25) is 0 Å². The second-order valence-electron chi connectivity index (χ2n) is 8.61. The molecule has 1 saturated heterocycles. The van der Waals surface area contributed by atoms with Crippen LogP contribution in [0.25, 0.3) is 0 Å². The minimum Gasteiger partial charge on any atom is -0.410 e. The normalized spacial score (nSPS) is 33.0. The van der Waals surface area contributed by atoms with Gasteiger partial charge in [0.15, 0.2) is 14.6 Å². The van der Waals surface area contributed by atoms with Gasteiger partial charge in [-0.15, -0.1) is 0 Å². The molecule has 7 heteroatoms. The van der Waals surface area contributed by atoms with Gasteiger partial charge in [0.05, 0.1) is 20.0 Å². The molecule has 0 amide bonds. The molecule has 5 atom stereocenters. The molecular formula is C20H40O6Si. The van der Waals surface area contributed by atoms with Crippen molar-refractivity contribution in [3.05, 3.63) is 0 Å². The maximum Gasteiger partial charge on any atom is 0.192 e. The van der Waals surface area contributed by atoms with Gasteiger partial charge < -0.3 is 23.7 Å². The highest BCUT2D eigenvalue weighted by atomic mass is 28.4. The number of ether oxygens (including phenoxy) is 3. The van der Waals surface area contributed by atoms with Gasteiger partial charge in [0.1, 0.15) is 18.0 Å². The topological polar surface area (TPSA) is 74.2 Å². The van der Waals surface area contributed by atoms with Gasteiger partial charge in [0.25, 0.3) is 0 Å². The number of hydrogen-bond acceptors (Lipinski definition) is 6. The standard InChI is InChI=1S/C20H40O6Si/c1-9-12-14(21)16-18(26-27(7,8)20(4,5)6)17(24-11-3)15(13-23-10-2)25-19(16)22/h15-19,22H,9-13H2,1-8H3/t15-,16-,17-,18-,19?/m1/s1/i19D. The summed E-state index contributed by atoms with van der Waals surface area (Å²) in [6, 6.07) is 0. The largest absolute Gasteiger partial charge is 0.410 e. The van der Waals surface area contributed by atoms with Crippen molar-refractivity contribution in [2.45, 2.75) is 97.1 Å². The third-order valence-corrected chi connectivity index (χ3v) is 9.96. The van der Waals surface area contributed by atoms with E-state index < -0.39 is 38.8 Å². The molecule has 27 heavy (non-hydrogen) atoms. The molecule has 0 aromatic rings.